The monoisotopic (exact) mass is 132 g/mol. The van der Waals surface area contributed by atoms with Crippen molar-refractivity contribution in [1.29, 1.82) is 0 Å². The lowest BCUT2D eigenvalue weighted by molar-refractivity contribution is -0.142. The molecule has 0 rings (SSSR count). The highest BCUT2D eigenvalue weighted by molar-refractivity contribution is 5.65. The maximum absolute atomic E-state index is 10.2. The van der Waals surface area contributed by atoms with E-state index in [0.29, 0.717) is 6.61 Å². The van der Waals surface area contributed by atoms with Gasteiger partial charge >= 0.3 is 5.97 Å². The molecule has 0 aromatic carbocycles. The van der Waals surface area contributed by atoms with Crippen molar-refractivity contribution in [2.24, 2.45) is 5.92 Å². The highest BCUT2D eigenvalue weighted by Crippen LogP contribution is 1.92. The fourth-order valence-corrected chi connectivity index (χ4v) is 0.312. The van der Waals surface area contributed by atoms with Gasteiger partial charge in [-0.2, -0.15) is 0 Å². The summed E-state index contributed by atoms with van der Waals surface area (Å²) in [6.45, 7) is 3.53. The van der Waals surface area contributed by atoms with Gasteiger partial charge in [0, 0.05) is 19.4 Å². The molecule has 0 spiro atoms. The summed E-state index contributed by atoms with van der Waals surface area (Å²) in [5.74, 6) is -0.246. The lowest BCUT2D eigenvalue weighted by Crippen LogP contribution is -2.12. The molecule has 0 aliphatic carbocycles. The second-order valence-electron chi connectivity index (χ2n) is 2.09. The molecular weight excluding hydrogens is 120 g/mol. The van der Waals surface area contributed by atoms with Gasteiger partial charge in [0.25, 0.3) is 0 Å². The zero-order valence-electron chi connectivity index (χ0n) is 5.76. The van der Waals surface area contributed by atoms with Crippen molar-refractivity contribution < 1.29 is 14.6 Å². The first-order valence-electron chi connectivity index (χ1n) is 2.91. The molecule has 0 saturated carbocycles. The molecule has 3 heteroatoms. The minimum atomic E-state index is -0.296. The Balaban J connectivity index is 3.16. The summed E-state index contributed by atoms with van der Waals surface area (Å²) in [7, 11) is 0. The second-order valence-corrected chi connectivity index (χ2v) is 2.09. The average molecular weight is 132 g/mol. The van der Waals surface area contributed by atoms with Crippen molar-refractivity contribution in [1.82, 2.24) is 0 Å². The molecule has 0 aromatic rings. The lowest BCUT2D eigenvalue weighted by atomic mass is 10.2. The molecule has 54 valence electrons. The predicted molar refractivity (Wildman–Crippen MR) is 32.9 cm³/mol. The molecule has 1 atom stereocenters. The third kappa shape index (κ3) is 5.30. The highest BCUT2D eigenvalue weighted by Gasteiger charge is 2.00. The van der Waals surface area contributed by atoms with Crippen molar-refractivity contribution in [3.8, 4) is 0 Å². The van der Waals surface area contributed by atoms with Crippen LogP contribution in [0.25, 0.3) is 0 Å². The molecule has 0 aliphatic heterocycles. The van der Waals surface area contributed by atoms with Crippen molar-refractivity contribution >= 4 is 5.97 Å². The number of aliphatic hydroxyl groups excluding tert-OH is 1. The van der Waals surface area contributed by atoms with Crippen LogP contribution < -0.4 is 0 Å². The zero-order valence-corrected chi connectivity index (χ0v) is 5.76. The fraction of sp³-hybridized carbons (Fsp3) is 0.833. The SMILES string of the molecule is CC(=O)OC[C@@H](C)CO. The van der Waals surface area contributed by atoms with Gasteiger partial charge in [-0.25, -0.2) is 0 Å². The van der Waals surface area contributed by atoms with E-state index < -0.39 is 0 Å². The van der Waals surface area contributed by atoms with E-state index in [2.05, 4.69) is 4.74 Å². The number of hydrogen-bond acceptors (Lipinski definition) is 3. The van der Waals surface area contributed by atoms with Crippen LogP contribution in [-0.4, -0.2) is 24.3 Å². The minimum absolute atomic E-state index is 0.0499. The molecule has 0 fully saturated rings. The van der Waals surface area contributed by atoms with Gasteiger partial charge in [0.2, 0.25) is 0 Å². The summed E-state index contributed by atoms with van der Waals surface area (Å²) in [5.41, 5.74) is 0. The van der Waals surface area contributed by atoms with Crippen molar-refractivity contribution in [3.05, 3.63) is 0 Å². The molecule has 9 heavy (non-hydrogen) atoms. The molecule has 0 bridgehead atoms. The van der Waals surface area contributed by atoms with Crippen molar-refractivity contribution in [2.75, 3.05) is 13.2 Å². The lowest BCUT2D eigenvalue weighted by Gasteiger charge is -2.05. The number of carbonyl (C=O) groups excluding carboxylic acids is 1. The van der Waals surface area contributed by atoms with Crippen LogP contribution in [0, 0.1) is 5.92 Å². The van der Waals surface area contributed by atoms with Crippen LogP contribution in [-0.2, 0) is 9.53 Å². The highest BCUT2D eigenvalue weighted by atomic mass is 16.5. The summed E-state index contributed by atoms with van der Waals surface area (Å²) in [4.78, 5) is 10.2. The van der Waals surface area contributed by atoms with Crippen molar-refractivity contribution in [3.63, 3.8) is 0 Å². The molecule has 0 heterocycles. The maximum atomic E-state index is 10.2. The van der Waals surface area contributed by atoms with E-state index in [9.17, 15) is 4.79 Å². The number of ether oxygens (including phenoxy) is 1. The fourth-order valence-electron chi connectivity index (χ4n) is 0.312. The van der Waals surface area contributed by atoms with Crippen LogP contribution in [0.3, 0.4) is 0 Å². The van der Waals surface area contributed by atoms with Crippen molar-refractivity contribution in [2.45, 2.75) is 13.8 Å². The van der Waals surface area contributed by atoms with Crippen LogP contribution >= 0.6 is 0 Å². The summed E-state index contributed by atoms with van der Waals surface area (Å²) in [6, 6.07) is 0. The summed E-state index contributed by atoms with van der Waals surface area (Å²) in [5, 5.41) is 8.46. The first-order chi connectivity index (χ1) is 4.16. The van der Waals surface area contributed by atoms with Crippen LogP contribution in [0.5, 0.6) is 0 Å². The molecule has 3 nitrogen and oxygen atoms in total. The third-order valence-corrected chi connectivity index (χ3v) is 0.883. The van der Waals surface area contributed by atoms with Gasteiger partial charge in [-0.15, -0.1) is 0 Å². The molecule has 0 amide bonds. The number of aliphatic hydroxyl groups is 1. The van der Waals surface area contributed by atoms with E-state index in [4.69, 9.17) is 5.11 Å². The largest absolute Gasteiger partial charge is 0.466 e. The Morgan fingerprint density at radius 1 is 1.78 bits per heavy atom. The first kappa shape index (κ1) is 8.43. The third-order valence-electron chi connectivity index (χ3n) is 0.883. The summed E-state index contributed by atoms with van der Waals surface area (Å²) < 4.78 is 4.60. The quantitative estimate of drug-likeness (QED) is 0.557. The van der Waals surface area contributed by atoms with Crippen LogP contribution in [0.15, 0.2) is 0 Å². The normalized spacial score (nSPS) is 12.8. The molecule has 0 radical (unpaired) electrons. The zero-order chi connectivity index (χ0) is 7.28. The Labute approximate surface area is 54.6 Å². The minimum Gasteiger partial charge on any atom is -0.466 e. The molecule has 1 N–H and O–H groups in total. The van der Waals surface area contributed by atoms with E-state index in [1.54, 1.807) is 0 Å². The summed E-state index contributed by atoms with van der Waals surface area (Å²) in [6.07, 6.45) is 0. The Kier molecular flexibility index (Phi) is 4.05. The maximum Gasteiger partial charge on any atom is 0.302 e. The van der Waals surface area contributed by atoms with Gasteiger partial charge in [0.1, 0.15) is 0 Å². The summed E-state index contributed by atoms with van der Waals surface area (Å²) >= 11 is 0. The van der Waals surface area contributed by atoms with Gasteiger partial charge in [-0.3, -0.25) is 4.79 Å². The van der Waals surface area contributed by atoms with Crippen LogP contribution in [0.1, 0.15) is 13.8 Å². The van der Waals surface area contributed by atoms with E-state index in [0.717, 1.165) is 0 Å². The smallest absolute Gasteiger partial charge is 0.302 e. The van der Waals surface area contributed by atoms with E-state index >= 15 is 0 Å². The average Bonchev–Trinajstić information content (AvgIpc) is 1.83. The Hall–Kier alpha value is -0.570. The number of carbonyl (C=O) groups is 1. The number of esters is 1. The van der Waals surface area contributed by atoms with Gasteiger partial charge in [-0.1, -0.05) is 6.92 Å². The number of hydrogen-bond donors (Lipinski definition) is 1. The molecule has 0 saturated heterocycles. The Morgan fingerprint density at radius 2 is 2.33 bits per heavy atom. The van der Waals surface area contributed by atoms with Gasteiger partial charge in [0.15, 0.2) is 0 Å². The molecule has 0 aromatic heterocycles. The van der Waals surface area contributed by atoms with E-state index in [1.807, 2.05) is 6.92 Å². The van der Waals surface area contributed by atoms with E-state index in [1.165, 1.54) is 6.92 Å². The Bertz CT molecular complexity index is 90.3. The molecule has 0 unspecified atom stereocenters. The van der Waals surface area contributed by atoms with Gasteiger partial charge in [-0.05, 0) is 0 Å². The standard InChI is InChI=1S/C6H12O3/c1-5(3-7)4-9-6(2)8/h5,7H,3-4H2,1-2H3/t5-/m0/s1. The van der Waals surface area contributed by atoms with Crippen LogP contribution in [0.2, 0.25) is 0 Å². The second kappa shape index (κ2) is 4.32. The van der Waals surface area contributed by atoms with Crippen LogP contribution in [0.4, 0.5) is 0 Å². The molecular formula is C6H12O3. The first-order valence-corrected chi connectivity index (χ1v) is 2.91. The van der Waals surface area contributed by atoms with Gasteiger partial charge in [0.05, 0.1) is 6.61 Å². The topological polar surface area (TPSA) is 46.5 Å². The molecule has 0 aliphatic rings. The Morgan fingerprint density at radius 3 is 2.67 bits per heavy atom. The van der Waals surface area contributed by atoms with Gasteiger partial charge < -0.3 is 9.84 Å². The van der Waals surface area contributed by atoms with E-state index in [-0.39, 0.29) is 18.5 Å². The number of rotatable bonds is 3. The predicted octanol–water partition coefficient (Wildman–Crippen LogP) is 0.178.